The van der Waals surface area contributed by atoms with Crippen molar-refractivity contribution in [2.75, 3.05) is 0 Å². The second-order valence-corrected chi connectivity index (χ2v) is 7.59. The number of hydrogen-bond donors (Lipinski definition) is 2. The van der Waals surface area contributed by atoms with Crippen molar-refractivity contribution in [3.63, 3.8) is 0 Å². The first kappa shape index (κ1) is 16.9. The molecule has 2 N–H and O–H groups in total. The fourth-order valence-corrected chi connectivity index (χ4v) is 4.45. The van der Waals surface area contributed by atoms with E-state index in [2.05, 4.69) is 4.84 Å². The summed E-state index contributed by atoms with van der Waals surface area (Å²) in [5, 5.41) is 7.96. The van der Waals surface area contributed by atoms with Crippen LogP contribution in [0.3, 0.4) is 0 Å². The minimum absolute atomic E-state index is 0.0854. The minimum Gasteiger partial charge on any atom is -0.480 e. The van der Waals surface area contributed by atoms with Gasteiger partial charge >= 0.3 is 5.97 Å². The first-order valence-electron chi connectivity index (χ1n) is 6.80. The lowest BCUT2D eigenvalue weighted by Crippen LogP contribution is -2.32. The van der Waals surface area contributed by atoms with E-state index < -0.39 is 27.1 Å². The van der Waals surface area contributed by atoms with E-state index in [9.17, 15) is 18.0 Å². The van der Waals surface area contributed by atoms with Gasteiger partial charge in [0, 0.05) is 6.42 Å². The molecule has 0 aromatic heterocycles. The van der Waals surface area contributed by atoms with Gasteiger partial charge in [-0.2, -0.15) is 0 Å². The molecule has 1 saturated carbocycles. The van der Waals surface area contributed by atoms with E-state index in [0.29, 0.717) is 24.8 Å². The summed E-state index contributed by atoms with van der Waals surface area (Å²) in [4.78, 5) is 24.8. The van der Waals surface area contributed by atoms with Crippen molar-refractivity contribution in [3.8, 4) is 0 Å². The first-order valence-corrected chi connectivity index (χ1v) is 8.73. The maximum absolute atomic E-state index is 12.4. The van der Waals surface area contributed by atoms with Gasteiger partial charge in [-0.1, -0.05) is 12.1 Å². The van der Waals surface area contributed by atoms with Crippen LogP contribution in [0.2, 0.25) is 0 Å². The molecule has 1 fully saturated rings. The summed E-state index contributed by atoms with van der Waals surface area (Å²) in [5.74, 6) is -1.33. The van der Waals surface area contributed by atoms with Gasteiger partial charge in [-0.05, 0) is 48.7 Å². The number of hydrogen-bond acceptors (Lipinski definition) is 5. The molecule has 1 aliphatic carbocycles. The van der Waals surface area contributed by atoms with Crippen LogP contribution >= 0.6 is 11.8 Å². The number of carboxylic acids is 1. The summed E-state index contributed by atoms with van der Waals surface area (Å²) < 4.78 is 24.8. The quantitative estimate of drug-likeness (QED) is 0.754. The Labute approximate surface area is 133 Å². The summed E-state index contributed by atoms with van der Waals surface area (Å²) >= 11 is 5.35. The van der Waals surface area contributed by atoms with Gasteiger partial charge in [-0.15, -0.1) is 0 Å². The zero-order chi connectivity index (χ0) is 16.3. The summed E-state index contributed by atoms with van der Waals surface area (Å²) in [6.45, 7) is 0. The maximum Gasteiger partial charge on any atom is 0.322 e. The van der Waals surface area contributed by atoms with Crippen LogP contribution in [0, 0.1) is 0 Å². The Morgan fingerprint density at radius 3 is 2.45 bits per heavy atom. The fourth-order valence-electron chi connectivity index (χ4n) is 2.50. The van der Waals surface area contributed by atoms with Crippen LogP contribution in [-0.2, 0) is 25.8 Å². The molecular formula is C14H16ClNO5S. The molecule has 22 heavy (non-hydrogen) atoms. The molecule has 0 aliphatic heterocycles. The van der Waals surface area contributed by atoms with E-state index in [1.807, 2.05) is 0 Å². The number of sulfone groups is 1. The number of carbonyl (C=O) groups is 2. The molecule has 8 heteroatoms. The summed E-state index contributed by atoms with van der Waals surface area (Å²) in [7, 11) is -3.66. The maximum atomic E-state index is 12.4. The van der Waals surface area contributed by atoms with E-state index in [1.54, 1.807) is 0 Å². The van der Waals surface area contributed by atoms with Gasteiger partial charge in [0.2, 0.25) is 0 Å². The number of ketones is 1. The van der Waals surface area contributed by atoms with Gasteiger partial charge in [-0.3, -0.25) is 9.59 Å². The number of aliphatic carboxylic acids is 1. The van der Waals surface area contributed by atoms with E-state index in [4.69, 9.17) is 16.9 Å². The van der Waals surface area contributed by atoms with E-state index in [1.165, 1.54) is 24.3 Å². The molecule has 1 aromatic carbocycles. The molecule has 0 saturated heterocycles. The molecule has 0 amide bonds. The SMILES string of the molecule is O=C(O)C(Cc1ccc(S(=O)(=O)C2CCCC2=O)cc1)NCl. The largest absolute Gasteiger partial charge is 0.480 e. The average molecular weight is 346 g/mol. The van der Waals surface area contributed by atoms with Gasteiger partial charge in [0.15, 0.2) is 15.6 Å². The molecular weight excluding hydrogens is 330 g/mol. The number of halogens is 1. The van der Waals surface area contributed by atoms with Gasteiger partial charge in [0.1, 0.15) is 11.3 Å². The molecule has 1 aliphatic rings. The zero-order valence-electron chi connectivity index (χ0n) is 11.7. The normalized spacial score (nSPS) is 20.0. The molecule has 2 unspecified atom stereocenters. The highest BCUT2D eigenvalue weighted by Gasteiger charge is 2.36. The topological polar surface area (TPSA) is 101 Å². The van der Waals surface area contributed by atoms with Crippen LogP contribution in [0.25, 0.3) is 0 Å². The van der Waals surface area contributed by atoms with Crippen molar-refractivity contribution in [2.45, 2.75) is 41.9 Å². The van der Waals surface area contributed by atoms with Crippen LogP contribution < -0.4 is 4.84 Å². The lowest BCUT2D eigenvalue weighted by Gasteiger charge is -2.12. The van der Waals surface area contributed by atoms with Crippen molar-refractivity contribution in [1.29, 1.82) is 0 Å². The van der Waals surface area contributed by atoms with Gasteiger partial charge in [-0.25, -0.2) is 13.3 Å². The third-order valence-corrected chi connectivity index (χ3v) is 6.19. The van der Waals surface area contributed by atoms with Crippen LogP contribution in [0.1, 0.15) is 24.8 Å². The number of benzene rings is 1. The lowest BCUT2D eigenvalue weighted by atomic mass is 10.1. The number of rotatable bonds is 6. The Morgan fingerprint density at radius 2 is 2.00 bits per heavy atom. The van der Waals surface area contributed by atoms with Crippen molar-refractivity contribution in [2.24, 2.45) is 0 Å². The monoisotopic (exact) mass is 345 g/mol. The summed E-state index contributed by atoms with van der Waals surface area (Å²) in [6.07, 6.45) is 1.40. The van der Waals surface area contributed by atoms with E-state index in [-0.39, 0.29) is 17.1 Å². The number of nitrogens with one attached hydrogen (secondary N) is 1. The summed E-state index contributed by atoms with van der Waals surface area (Å²) in [5.41, 5.74) is 0.636. The standard InChI is InChI=1S/C14H16ClNO5S/c15-16-11(14(18)19)8-9-4-6-10(7-5-9)22(20,21)13-3-1-2-12(13)17/h4-7,11,13,16H,1-3,8H2,(H,18,19). The Bertz CT molecular complexity index is 671. The molecule has 2 rings (SSSR count). The molecule has 1 aromatic rings. The molecule has 0 spiro atoms. The van der Waals surface area contributed by atoms with Crippen LogP contribution in [0.5, 0.6) is 0 Å². The third kappa shape index (κ3) is 3.48. The Balaban J connectivity index is 2.18. The van der Waals surface area contributed by atoms with Crippen LogP contribution in [0.15, 0.2) is 29.2 Å². The van der Waals surface area contributed by atoms with E-state index in [0.717, 1.165) is 0 Å². The Hall–Kier alpha value is -1.44. The van der Waals surface area contributed by atoms with Crippen molar-refractivity contribution >= 4 is 33.4 Å². The predicted molar refractivity (Wildman–Crippen MR) is 80.4 cm³/mol. The highest BCUT2D eigenvalue weighted by Crippen LogP contribution is 2.27. The highest BCUT2D eigenvalue weighted by molar-refractivity contribution is 7.92. The van der Waals surface area contributed by atoms with Crippen molar-refractivity contribution < 1.29 is 23.1 Å². The molecule has 0 heterocycles. The molecule has 0 bridgehead atoms. The molecule has 120 valence electrons. The van der Waals surface area contributed by atoms with Gasteiger partial charge in [0.25, 0.3) is 0 Å². The van der Waals surface area contributed by atoms with Crippen LogP contribution in [0.4, 0.5) is 0 Å². The summed E-state index contributed by atoms with van der Waals surface area (Å²) in [6, 6.07) is 4.93. The van der Waals surface area contributed by atoms with Gasteiger partial charge in [0.05, 0.1) is 4.90 Å². The lowest BCUT2D eigenvalue weighted by molar-refractivity contribution is -0.138. The van der Waals surface area contributed by atoms with Crippen molar-refractivity contribution in [3.05, 3.63) is 29.8 Å². The number of carboxylic acid groups (broad SMARTS) is 1. The Kier molecular flexibility index (Phi) is 5.20. The second kappa shape index (κ2) is 6.76. The first-order chi connectivity index (χ1) is 10.4. The third-order valence-electron chi connectivity index (χ3n) is 3.74. The molecule has 6 nitrogen and oxygen atoms in total. The second-order valence-electron chi connectivity index (χ2n) is 5.24. The number of carbonyl (C=O) groups excluding carboxylic acids is 1. The number of Topliss-reactive ketones (excluding diaryl/α,β-unsaturated/α-hetero) is 1. The van der Waals surface area contributed by atoms with E-state index >= 15 is 0 Å². The highest BCUT2D eigenvalue weighted by atomic mass is 35.5. The fraction of sp³-hybridized carbons (Fsp3) is 0.429. The van der Waals surface area contributed by atoms with Crippen molar-refractivity contribution in [1.82, 2.24) is 4.84 Å². The van der Waals surface area contributed by atoms with Crippen LogP contribution in [-0.4, -0.2) is 36.6 Å². The molecule has 2 atom stereocenters. The molecule has 0 radical (unpaired) electrons. The smallest absolute Gasteiger partial charge is 0.322 e. The predicted octanol–water partition coefficient (Wildman–Crippen LogP) is 1.32. The van der Waals surface area contributed by atoms with Gasteiger partial charge < -0.3 is 5.11 Å². The minimum atomic E-state index is -3.66. The average Bonchev–Trinajstić information content (AvgIpc) is 2.92. The Morgan fingerprint density at radius 1 is 1.36 bits per heavy atom. The zero-order valence-corrected chi connectivity index (χ0v) is 13.2.